The molecule has 0 aromatic rings. The predicted molar refractivity (Wildman–Crippen MR) is 71.8 cm³/mol. The van der Waals surface area contributed by atoms with Gasteiger partial charge in [0.15, 0.2) is 0 Å². The van der Waals surface area contributed by atoms with E-state index in [1.807, 2.05) is 0 Å². The van der Waals surface area contributed by atoms with Gasteiger partial charge in [0.1, 0.15) is 0 Å². The second kappa shape index (κ2) is 7.29. The van der Waals surface area contributed by atoms with Gasteiger partial charge in [0.25, 0.3) is 0 Å². The maximum absolute atomic E-state index is 3.78. The molecule has 2 unspecified atom stereocenters. The topological polar surface area (TPSA) is 15.3 Å². The van der Waals surface area contributed by atoms with Gasteiger partial charge in [-0.1, -0.05) is 26.7 Å². The van der Waals surface area contributed by atoms with E-state index < -0.39 is 0 Å². The van der Waals surface area contributed by atoms with Crippen molar-refractivity contribution in [1.29, 1.82) is 0 Å². The van der Waals surface area contributed by atoms with Gasteiger partial charge in [-0.3, -0.25) is 0 Å². The molecule has 0 aromatic heterocycles. The van der Waals surface area contributed by atoms with Crippen LogP contribution >= 0.6 is 0 Å². The maximum Gasteiger partial charge on any atom is 0.0197 e. The molecule has 1 N–H and O–H groups in total. The molecule has 0 radical (unpaired) electrons. The third kappa shape index (κ3) is 5.86. The van der Waals surface area contributed by atoms with Gasteiger partial charge >= 0.3 is 0 Å². The molecule has 1 aliphatic heterocycles. The Bertz CT molecular complexity index is 180. The summed E-state index contributed by atoms with van der Waals surface area (Å²) in [6.07, 6.45) is 6.79. The quantitative estimate of drug-likeness (QED) is 0.749. The van der Waals surface area contributed by atoms with Crippen LogP contribution in [0.2, 0.25) is 0 Å². The molecule has 0 amide bonds. The fourth-order valence-corrected chi connectivity index (χ4v) is 2.62. The number of likely N-dealkylation sites (tertiary alicyclic amines) is 1. The van der Waals surface area contributed by atoms with E-state index in [1.54, 1.807) is 0 Å². The van der Waals surface area contributed by atoms with Gasteiger partial charge in [0.2, 0.25) is 0 Å². The van der Waals surface area contributed by atoms with Crippen LogP contribution in [-0.2, 0) is 0 Å². The zero-order valence-electron chi connectivity index (χ0n) is 11.6. The van der Waals surface area contributed by atoms with Crippen LogP contribution < -0.4 is 5.32 Å². The molecule has 16 heavy (non-hydrogen) atoms. The van der Waals surface area contributed by atoms with Crippen LogP contribution in [0.25, 0.3) is 0 Å². The fraction of sp³-hybridized carbons (Fsp3) is 1.00. The SMILES string of the molecule is CC(C)CCCC(C)NC1CCCN(C)C1. The smallest absolute Gasteiger partial charge is 0.0197 e. The van der Waals surface area contributed by atoms with Crippen LogP contribution in [0.3, 0.4) is 0 Å². The Balaban J connectivity index is 2.10. The van der Waals surface area contributed by atoms with Crippen molar-refractivity contribution in [1.82, 2.24) is 10.2 Å². The molecule has 1 heterocycles. The zero-order valence-corrected chi connectivity index (χ0v) is 11.6. The predicted octanol–water partition coefficient (Wildman–Crippen LogP) is 2.89. The summed E-state index contributed by atoms with van der Waals surface area (Å²) in [5, 5.41) is 3.78. The largest absolute Gasteiger partial charge is 0.310 e. The maximum atomic E-state index is 3.78. The fourth-order valence-electron chi connectivity index (χ4n) is 2.62. The van der Waals surface area contributed by atoms with Gasteiger partial charge in [-0.15, -0.1) is 0 Å². The van der Waals surface area contributed by atoms with Crippen molar-refractivity contribution in [3.63, 3.8) is 0 Å². The number of nitrogens with one attached hydrogen (secondary N) is 1. The Labute approximate surface area is 102 Å². The third-order valence-corrected chi connectivity index (χ3v) is 3.56. The summed E-state index contributed by atoms with van der Waals surface area (Å²) in [5.74, 6) is 0.855. The number of hydrogen-bond acceptors (Lipinski definition) is 2. The van der Waals surface area contributed by atoms with Crippen molar-refractivity contribution < 1.29 is 0 Å². The van der Waals surface area contributed by atoms with E-state index in [0.717, 1.165) is 12.0 Å². The molecular formula is C14H30N2. The van der Waals surface area contributed by atoms with Crippen LogP contribution in [-0.4, -0.2) is 37.1 Å². The van der Waals surface area contributed by atoms with E-state index in [9.17, 15) is 0 Å². The monoisotopic (exact) mass is 226 g/mol. The molecular weight excluding hydrogens is 196 g/mol. The Morgan fingerprint density at radius 2 is 2.00 bits per heavy atom. The van der Waals surface area contributed by atoms with Gasteiger partial charge in [-0.25, -0.2) is 0 Å². The van der Waals surface area contributed by atoms with Crippen LogP contribution in [0.15, 0.2) is 0 Å². The van der Waals surface area contributed by atoms with E-state index >= 15 is 0 Å². The summed E-state index contributed by atoms with van der Waals surface area (Å²) in [7, 11) is 2.23. The summed E-state index contributed by atoms with van der Waals surface area (Å²) in [6, 6.07) is 1.42. The minimum absolute atomic E-state index is 0.690. The first-order valence-corrected chi connectivity index (χ1v) is 7.02. The molecule has 1 rings (SSSR count). The van der Waals surface area contributed by atoms with Crippen molar-refractivity contribution in [2.75, 3.05) is 20.1 Å². The lowest BCUT2D eigenvalue weighted by Gasteiger charge is -2.32. The van der Waals surface area contributed by atoms with Gasteiger partial charge in [-0.05, 0) is 45.7 Å². The van der Waals surface area contributed by atoms with E-state index in [0.29, 0.717) is 6.04 Å². The molecule has 0 bridgehead atoms. The normalized spacial score (nSPS) is 24.9. The molecule has 0 aromatic carbocycles. The molecule has 1 fully saturated rings. The molecule has 1 saturated heterocycles. The van der Waals surface area contributed by atoms with Gasteiger partial charge in [0, 0.05) is 18.6 Å². The molecule has 2 heteroatoms. The van der Waals surface area contributed by atoms with Crippen LogP contribution in [0, 0.1) is 5.92 Å². The van der Waals surface area contributed by atoms with E-state index in [1.165, 1.54) is 45.2 Å². The summed E-state index contributed by atoms with van der Waals surface area (Å²) in [5.41, 5.74) is 0. The molecule has 1 aliphatic rings. The molecule has 0 aliphatic carbocycles. The van der Waals surface area contributed by atoms with Crippen molar-refractivity contribution in [2.24, 2.45) is 5.92 Å². The lowest BCUT2D eigenvalue weighted by atomic mass is 10.0. The molecule has 0 spiro atoms. The average Bonchev–Trinajstić information content (AvgIpc) is 2.16. The molecule has 0 saturated carbocycles. The Morgan fingerprint density at radius 1 is 1.25 bits per heavy atom. The summed E-state index contributed by atoms with van der Waals surface area (Å²) in [6.45, 7) is 9.48. The minimum Gasteiger partial charge on any atom is -0.310 e. The molecule has 2 nitrogen and oxygen atoms in total. The first-order valence-electron chi connectivity index (χ1n) is 7.02. The highest BCUT2D eigenvalue weighted by Gasteiger charge is 2.18. The lowest BCUT2D eigenvalue weighted by molar-refractivity contribution is 0.215. The number of rotatable bonds is 6. The highest BCUT2D eigenvalue weighted by molar-refractivity contribution is 4.78. The number of hydrogen-bond donors (Lipinski definition) is 1. The minimum atomic E-state index is 0.690. The highest BCUT2D eigenvalue weighted by atomic mass is 15.1. The van der Waals surface area contributed by atoms with E-state index in [4.69, 9.17) is 0 Å². The lowest BCUT2D eigenvalue weighted by Crippen LogP contribution is -2.47. The van der Waals surface area contributed by atoms with Crippen molar-refractivity contribution in [3.8, 4) is 0 Å². The van der Waals surface area contributed by atoms with E-state index in [2.05, 4.69) is 38.0 Å². The second-order valence-corrected chi connectivity index (χ2v) is 5.99. The van der Waals surface area contributed by atoms with Crippen LogP contribution in [0.1, 0.15) is 52.9 Å². The Hall–Kier alpha value is -0.0800. The highest BCUT2D eigenvalue weighted by Crippen LogP contribution is 2.12. The van der Waals surface area contributed by atoms with Crippen molar-refractivity contribution in [2.45, 2.75) is 65.0 Å². The Morgan fingerprint density at radius 3 is 2.62 bits per heavy atom. The summed E-state index contributed by atoms with van der Waals surface area (Å²) >= 11 is 0. The average molecular weight is 226 g/mol. The van der Waals surface area contributed by atoms with Crippen LogP contribution in [0.5, 0.6) is 0 Å². The standard InChI is InChI=1S/C14H30N2/c1-12(2)7-5-8-13(3)15-14-9-6-10-16(4)11-14/h12-15H,5-11H2,1-4H3. The van der Waals surface area contributed by atoms with Gasteiger partial charge in [-0.2, -0.15) is 0 Å². The Kier molecular flexibility index (Phi) is 6.37. The third-order valence-electron chi connectivity index (χ3n) is 3.56. The number of likely N-dealkylation sites (N-methyl/N-ethyl adjacent to an activating group) is 1. The zero-order chi connectivity index (χ0) is 12.0. The number of piperidine rings is 1. The molecule has 96 valence electrons. The van der Waals surface area contributed by atoms with Gasteiger partial charge < -0.3 is 10.2 Å². The second-order valence-electron chi connectivity index (χ2n) is 5.99. The van der Waals surface area contributed by atoms with E-state index in [-0.39, 0.29) is 0 Å². The summed E-state index contributed by atoms with van der Waals surface area (Å²) in [4.78, 5) is 2.45. The van der Waals surface area contributed by atoms with Crippen molar-refractivity contribution in [3.05, 3.63) is 0 Å². The van der Waals surface area contributed by atoms with Crippen LogP contribution in [0.4, 0.5) is 0 Å². The van der Waals surface area contributed by atoms with Crippen molar-refractivity contribution >= 4 is 0 Å². The summed E-state index contributed by atoms with van der Waals surface area (Å²) < 4.78 is 0. The number of nitrogens with zero attached hydrogens (tertiary/aromatic N) is 1. The first kappa shape index (κ1) is 14.0. The van der Waals surface area contributed by atoms with Gasteiger partial charge in [0.05, 0.1) is 0 Å². The molecule has 2 atom stereocenters. The first-order chi connectivity index (χ1) is 7.58.